The first-order chi connectivity index (χ1) is 2.00. The lowest BCUT2D eigenvalue weighted by Crippen LogP contribution is -1.91. The third-order valence-corrected chi connectivity index (χ3v) is 0. The molecule has 112 valence electrons. The monoisotopic (exact) mass is 276 g/mol. The molecule has 0 fully saturated rings. The van der Waals surface area contributed by atoms with E-state index in [1.807, 2.05) is 0 Å². The molecule has 0 radical (unpaired) electrons. The molecule has 0 aromatic carbocycles. The minimum absolute atomic E-state index is 0. The molecule has 15 heteroatoms. The first kappa shape index (κ1) is 218. The number of rotatable bonds is 0. The predicted octanol–water partition coefficient (Wildman–Crippen LogP) is -7.18. The van der Waals surface area contributed by atoms with Crippen molar-refractivity contribution in [3.05, 3.63) is 0 Å². The first-order valence-corrected chi connectivity index (χ1v) is 2.00. The zero-order chi connectivity index (χ0) is 4.50. The van der Waals surface area contributed by atoms with E-state index in [0.29, 0.717) is 0 Å². The van der Waals surface area contributed by atoms with Crippen LogP contribution in [0.15, 0.2) is 0 Å². The molecule has 0 spiro atoms. The SMILES string of the molecule is O.O.O.O.O.O.O.O.O=S(=O)([O-])[O-].[NH4+].[NH4+]. The van der Waals surface area contributed by atoms with Gasteiger partial charge in [-0.05, 0) is 0 Å². The summed E-state index contributed by atoms with van der Waals surface area (Å²) < 4.78 is 34.1. The Morgan fingerprint density at radius 3 is 0.533 bits per heavy atom. The lowest BCUT2D eigenvalue weighted by molar-refractivity contribution is 0.352. The van der Waals surface area contributed by atoms with Crippen LogP contribution in [0.4, 0.5) is 0 Å². The zero-order valence-electron chi connectivity index (χ0n) is 8.04. The second kappa shape index (κ2) is 70.0. The van der Waals surface area contributed by atoms with Gasteiger partial charge >= 0.3 is 0 Å². The van der Waals surface area contributed by atoms with E-state index in [0.717, 1.165) is 0 Å². The molecule has 0 aliphatic heterocycles. The predicted molar refractivity (Wildman–Crippen MR) is 51.4 cm³/mol. The van der Waals surface area contributed by atoms with E-state index in [2.05, 4.69) is 0 Å². The maximum Gasteiger partial charge on any atom is 0.0311 e. The van der Waals surface area contributed by atoms with Crippen LogP contribution >= 0.6 is 0 Å². The fourth-order valence-electron chi connectivity index (χ4n) is 0. The molecule has 0 saturated carbocycles. The molecule has 0 aliphatic carbocycles. The van der Waals surface area contributed by atoms with Crippen molar-refractivity contribution in [3.8, 4) is 0 Å². The van der Waals surface area contributed by atoms with E-state index >= 15 is 0 Å². The van der Waals surface area contributed by atoms with Crippen LogP contribution in [-0.2, 0) is 10.4 Å². The average molecular weight is 276 g/mol. The second-order valence-electron chi connectivity index (χ2n) is 0.408. The number of hydrogen-bond acceptors (Lipinski definition) is 4. The van der Waals surface area contributed by atoms with Crippen molar-refractivity contribution in [2.24, 2.45) is 0 Å². The lowest BCUT2D eigenvalue weighted by atomic mass is 14.0. The molecule has 14 nitrogen and oxygen atoms in total. The zero-order valence-corrected chi connectivity index (χ0v) is 8.86. The highest BCUT2D eigenvalue weighted by Crippen LogP contribution is 1.57. The van der Waals surface area contributed by atoms with Crippen LogP contribution in [0, 0.1) is 0 Å². The molecule has 0 atom stereocenters. The van der Waals surface area contributed by atoms with E-state index in [1.54, 1.807) is 0 Å². The van der Waals surface area contributed by atoms with Gasteiger partial charge in [0, 0.05) is 10.4 Å². The van der Waals surface area contributed by atoms with Gasteiger partial charge in [-0.1, -0.05) is 0 Å². The maximum atomic E-state index is 8.52. The molecule has 0 unspecified atom stereocenters. The maximum absolute atomic E-state index is 8.52. The van der Waals surface area contributed by atoms with Crippen molar-refractivity contribution in [2.75, 3.05) is 0 Å². The fraction of sp³-hybridized carbons (Fsp3) is 0. The van der Waals surface area contributed by atoms with Gasteiger partial charge in [0.15, 0.2) is 0 Å². The molecule has 0 saturated heterocycles. The molecule has 15 heavy (non-hydrogen) atoms. The summed E-state index contributed by atoms with van der Waals surface area (Å²) in [4.78, 5) is 0. The average Bonchev–Trinajstić information content (AvgIpc) is 0.722. The van der Waals surface area contributed by atoms with E-state index in [4.69, 9.17) is 17.5 Å². The molecule has 0 aliphatic rings. The summed E-state index contributed by atoms with van der Waals surface area (Å²) >= 11 is 0. The lowest BCUT2D eigenvalue weighted by Gasteiger charge is -2.06. The molecular weight excluding hydrogens is 252 g/mol. The molecule has 0 rings (SSSR count). The van der Waals surface area contributed by atoms with E-state index in [1.165, 1.54) is 0 Å². The highest BCUT2D eigenvalue weighted by molar-refractivity contribution is 7.79. The fourth-order valence-corrected chi connectivity index (χ4v) is 0. The van der Waals surface area contributed by atoms with Gasteiger partial charge in [-0.25, -0.2) is 0 Å². The van der Waals surface area contributed by atoms with Gasteiger partial charge in [-0.15, -0.1) is 0 Å². The summed E-state index contributed by atoms with van der Waals surface area (Å²) in [5.41, 5.74) is 0. The van der Waals surface area contributed by atoms with Gasteiger partial charge in [0.25, 0.3) is 0 Å². The van der Waals surface area contributed by atoms with Crippen molar-refractivity contribution in [3.63, 3.8) is 0 Å². The minimum atomic E-state index is -5.17. The van der Waals surface area contributed by atoms with Crippen LogP contribution in [-0.4, -0.2) is 61.3 Å². The summed E-state index contributed by atoms with van der Waals surface area (Å²) in [6, 6.07) is 0. The molecule has 0 aromatic rings. The van der Waals surface area contributed by atoms with Crippen LogP contribution in [0.25, 0.3) is 0 Å². The molecule has 0 aromatic heterocycles. The topological polar surface area (TPSA) is 405 Å². The molecule has 0 heterocycles. The molecular formula is H24N2O12S. The van der Waals surface area contributed by atoms with Gasteiger partial charge in [0.2, 0.25) is 0 Å². The van der Waals surface area contributed by atoms with Crippen LogP contribution < -0.4 is 12.3 Å². The van der Waals surface area contributed by atoms with E-state index < -0.39 is 10.4 Å². The van der Waals surface area contributed by atoms with Crippen LogP contribution in [0.5, 0.6) is 0 Å². The molecule has 24 N–H and O–H groups in total. The largest absolute Gasteiger partial charge is 0.759 e. The van der Waals surface area contributed by atoms with Crippen molar-refractivity contribution in [2.45, 2.75) is 0 Å². The number of hydrogen-bond donors (Lipinski definition) is 2. The Kier molecular flexibility index (Phi) is 1020. The molecule has 0 amide bonds. The highest BCUT2D eigenvalue weighted by Gasteiger charge is 1.49. The second-order valence-corrected chi connectivity index (χ2v) is 1.22. The summed E-state index contributed by atoms with van der Waals surface area (Å²) in [5, 5.41) is 0. The summed E-state index contributed by atoms with van der Waals surface area (Å²) in [5.74, 6) is 0. The standard InChI is InChI=1S/2H3N.H2O4S.8H2O/c;;1-5(2,3)4;;;;;;;;/h2*1H3;(H2,1,2,3,4);8*1H2. The van der Waals surface area contributed by atoms with Crippen molar-refractivity contribution in [1.29, 1.82) is 0 Å². The van der Waals surface area contributed by atoms with Gasteiger partial charge in [0.1, 0.15) is 0 Å². The summed E-state index contributed by atoms with van der Waals surface area (Å²) in [6.07, 6.45) is 0. The van der Waals surface area contributed by atoms with Gasteiger partial charge in [-0.3, -0.25) is 8.42 Å². The smallest absolute Gasteiger partial charge is 0.0311 e. The van der Waals surface area contributed by atoms with Crippen molar-refractivity contribution in [1.82, 2.24) is 12.3 Å². The van der Waals surface area contributed by atoms with Crippen molar-refractivity contribution >= 4 is 10.4 Å². The summed E-state index contributed by atoms with van der Waals surface area (Å²) in [7, 11) is -5.17. The van der Waals surface area contributed by atoms with Gasteiger partial charge in [-0.2, -0.15) is 0 Å². The Hall–Kier alpha value is -0.530. The van der Waals surface area contributed by atoms with E-state index in [-0.39, 0.29) is 56.1 Å². The minimum Gasteiger partial charge on any atom is -0.759 e. The Balaban J connectivity index is -0.00000000178. The number of quaternary nitrogens is 2. The third kappa shape index (κ3) is 6310. The Bertz CT molecular complexity index is 96.8. The van der Waals surface area contributed by atoms with Gasteiger partial charge < -0.3 is 65.2 Å². The molecule has 0 bridgehead atoms. The van der Waals surface area contributed by atoms with Crippen LogP contribution in [0.2, 0.25) is 0 Å². The van der Waals surface area contributed by atoms with Gasteiger partial charge in [0.05, 0.1) is 0 Å². The Morgan fingerprint density at radius 1 is 0.533 bits per heavy atom. The highest BCUT2D eigenvalue weighted by atomic mass is 32.3. The van der Waals surface area contributed by atoms with Crippen molar-refractivity contribution < 1.29 is 61.3 Å². The Labute approximate surface area is 85.1 Å². The van der Waals surface area contributed by atoms with Crippen LogP contribution in [0.3, 0.4) is 0 Å². The Morgan fingerprint density at radius 2 is 0.533 bits per heavy atom. The first-order valence-electron chi connectivity index (χ1n) is 0.667. The third-order valence-electron chi connectivity index (χ3n) is 0. The van der Waals surface area contributed by atoms with E-state index in [9.17, 15) is 0 Å². The quantitative estimate of drug-likeness (QED) is 0.321. The van der Waals surface area contributed by atoms with Crippen LogP contribution in [0.1, 0.15) is 0 Å². The normalized spacial score (nSPS) is 3.87. The summed E-state index contributed by atoms with van der Waals surface area (Å²) in [6.45, 7) is 0.